The second-order valence-electron chi connectivity index (χ2n) is 7.47. The van der Waals surface area contributed by atoms with Gasteiger partial charge in [-0.25, -0.2) is 14.1 Å². The van der Waals surface area contributed by atoms with E-state index in [2.05, 4.69) is 15.2 Å². The molecule has 1 aromatic carbocycles. The normalized spacial score (nSPS) is 17.1. The third-order valence-corrected chi connectivity index (χ3v) is 5.60. The molecule has 0 unspecified atom stereocenters. The summed E-state index contributed by atoms with van der Waals surface area (Å²) in [7, 11) is 0. The smallest absolute Gasteiger partial charge is 0.220 e. The van der Waals surface area contributed by atoms with Crippen molar-refractivity contribution in [3.63, 3.8) is 0 Å². The first-order valence-corrected chi connectivity index (χ1v) is 9.01. The Morgan fingerprint density at radius 1 is 1.15 bits per heavy atom. The van der Waals surface area contributed by atoms with Crippen molar-refractivity contribution in [3.8, 4) is 28.3 Å². The second kappa shape index (κ2) is 5.16. The third kappa shape index (κ3) is 2.21. The van der Waals surface area contributed by atoms with Crippen molar-refractivity contribution in [2.45, 2.75) is 19.4 Å². The van der Waals surface area contributed by atoms with E-state index in [1.54, 1.807) is 24.5 Å². The lowest BCUT2D eigenvalue weighted by Gasteiger charge is -2.24. The number of H-pyrrole nitrogens is 1. The summed E-state index contributed by atoms with van der Waals surface area (Å²) in [6, 6.07) is 8.39. The average Bonchev–Trinajstić information content (AvgIpc) is 3.11. The average molecular weight is 361 g/mol. The third-order valence-electron chi connectivity index (χ3n) is 5.60. The summed E-state index contributed by atoms with van der Waals surface area (Å²) in [6.45, 7) is 1.57. The molecular formula is C20H16FN5O. The van der Waals surface area contributed by atoms with Crippen LogP contribution in [0.1, 0.15) is 12.8 Å². The monoisotopic (exact) mass is 361 g/mol. The van der Waals surface area contributed by atoms with E-state index in [0.29, 0.717) is 12.3 Å². The Balaban J connectivity index is 1.62. The predicted molar refractivity (Wildman–Crippen MR) is 97.7 cm³/mol. The number of hydrogen-bond acceptors (Lipinski definition) is 4. The Morgan fingerprint density at radius 2 is 2.00 bits per heavy atom. The molecule has 6 nitrogen and oxygen atoms in total. The summed E-state index contributed by atoms with van der Waals surface area (Å²) in [5, 5.41) is 12.8. The highest BCUT2D eigenvalue weighted by atomic mass is 19.1. The van der Waals surface area contributed by atoms with E-state index < -0.39 is 0 Å². The number of aromatic nitrogens is 5. The molecule has 27 heavy (non-hydrogen) atoms. The quantitative estimate of drug-likeness (QED) is 0.590. The van der Waals surface area contributed by atoms with Gasteiger partial charge in [0.25, 0.3) is 0 Å². The zero-order valence-electron chi connectivity index (χ0n) is 14.4. The first kappa shape index (κ1) is 14.9. The maximum Gasteiger partial charge on any atom is 0.220 e. The molecule has 1 aliphatic carbocycles. The minimum Gasteiger partial charge on any atom is -0.477 e. The Bertz CT molecular complexity index is 1170. The molecule has 7 heteroatoms. The molecule has 0 bridgehead atoms. The lowest BCUT2D eigenvalue weighted by atomic mass is 9.99. The number of benzene rings is 1. The van der Waals surface area contributed by atoms with Crippen molar-refractivity contribution in [2.24, 2.45) is 5.41 Å². The number of rotatable bonds is 2. The van der Waals surface area contributed by atoms with Gasteiger partial charge < -0.3 is 4.74 Å². The number of fused-ring (bicyclic) bond motifs is 2. The lowest BCUT2D eigenvalue weighted by molar-refractivity contribution is 0.149. The van der Waals surface area contributed by atoms with Gasteiger partial charge in [-0.1, -0.05) is 0 Å². The topological polar surface area (TPSA) is 68.6 Å². The molecule has 0 saturated heterocycles. The summed E-state index contributed by atoms with van der Waals surface area (Å²) in [4.78, 5) is 4.34. The van der Waals surface area contributed by atoms with Crippen LogP contribution < -0.4 is 4.74 Å². The minimum absolute atomic E-state index is 0.236. The summed E-state index contributed by atoms with van der Waals surface area (Å²) in [6.07, 6.45) is 5.87. The van der Waals surface area contributed by atoms with Gasteiger partial charge in [-0.05, 0) is 43.2 Å². The molecule has 1 fully saturated rings. The van der Waals surface area contributed by atoms with Crippen LogP contribution in [0.2, 0.25) is 0 Å². The fourth-order valence-electron chi connectivity index (χ4n) is 3.89. The molecule has 2 aliphatic rings. The van der Waals surface area contributed by atoms with Crippen molar-refractivity contribution in [2.75, 3.05) is 6.61 Å². The number of nitrogens with zero attached hydrogens (tertiary/aromatic N) is 4. The molecule has 1 spiro atoms. The van der Waals surface area contributed by atoms with Crippen LogP contribution in [-0.2, 0) is 6.54 Å². The number of aromatic amines is 1. The van der Waals surface area contributed by atoms with E-state index in [9.17, 15) is 4.39 Å². The zero-order chi connectivity index (χ0) is 18.0. The summed E-state index contributed by atoms with van der Waals surface area (Å²) >= 11 is 0. The van der Waals surface area contributed by atoms with Gasteiger partial charge in [0.2, 0.25) is 5.88 Å². The highest BCUT2D eigenvalue weighted by Gasteiger charge is 2.48. The fourth-order valence-corrected chi connectivity index (χ4v) is 3.89. The van der Waals surface area contributed by atoms with Crippen LogP contribution in [-0.4, -0.2) is 31.6 Å². The van der Waals surface area contributed by atoms with Gasteiger partial charge in [-0.2, -0.15) is 10.2 Å². The largest absolute Gasteiger partial charge is 0.477 e. The van der Waals surface area contributed by atoms with Crippen LogP contribution in [0.15, 0.2) is 42.7 Å². The fraction of sp³-hybridized carbons (Fsp3) is 0.250. The van der Waals surface area contributed by atoms with Gasteiger partial charge in [0, 0.05) is 28.1 Å². The van der Waals surface area contributed by atoms with Gasteiger partial charge in [-0.15, -0.1) is 0 Å². The van der Waals surface area contributed by atoms with Crippen LogP contribution in [0, 0.1) is 11.2 Å². The first-order valence-electron chi connectivity index (χ1n) is 9.01. The Labute approximate surface area is 154 Å². The van der Waals surface area contributed by atoms with Crippen molar-refractivity contribution in [1.29, 1.82) is 0 Å². The maximum absolute atomic E-state index is 13.5. The highest BCUT2D eigenvalue weighted by Crippen LogP contribution is 2.53. The molecule has 0 radical (unpaired) electrons. The van der Waals surface area contributed by atoms with Crippen molar-refractivity contribution in [1.82, 2.24) is 25.0 Å². The van der Waals surface area contributed by atoms with Gasteiger partial charge in [-0.3, -0.25) is 5.10 Å². The Hall–Kier alpha value is -3.22. The molecule has 4 aromatic rings. The van der Waals surface area contributed by atoms with Crippen molar-refractivity contribution < 1.29 is 9.13 Å². The minimum atomic E-state index is -0.265. The summed E-state index contributed by atoms with van der Waals surface area (Å²) < 4.78 is 21.6. The Morgan fingerprint density at radius 3 is 2.81 bits per heavy atom. The molecule has 3 aromatic heterocycles. The highest BCUT2D eigenvalue weighted by molar-refractivity contribution is 5.98. The number of pyridine rings is 1. The zero-order valence-corrected chi connectivity index (χ0v) is 14.4. The van der Waals surface area contributed by atoms with Crippen LogP contribution in [0.5, 0.6) is 5.88 Å². The van der Waals surface area contributed by atoms with E-state index in [1.807, 2.05) is 10.7 Å². The van der Waals surface area contributed by atoms with E-state index in [-0.39, 0.29) is 11.2 Å². The first-order chi connectivity index (χ1) is 13.2. The van der Waals surface area contributed by atoms with E-state index in [0.717, 1.165) is 40.2 Å². The maximum atomic E-state index is 13.5. The summed E-state index contributed by atoms with van der Waals surface area (Å²) in [5.41, 5.74) is 4.46. The van der Waals surface area contributed by atoms with Crippen molar-refractivity contribution in [3.05, 3.63) is 48.5 Å². The molecule has 134 valence electrons. The van der Waals surface area contributed by atoms with Crippen LogP contribution in [0.3, 0.4) is 0 Å². The van der Waals surface area contributed by atoms with Crippen LogP contribution in [0.4, 0.5) is 4.39 Å². The van der Waals surface area contributed by atoms with Gasteiger partial charge in [0.05, 0.1) is 24.9 Å². The van der Waals surface area contributed by atoms with E-state index >= 15 is 0 Å². The molecule has 1 aliphatic heterocycles. The van der Waals surface area contributed by atoms with Gasteiger partial charge in [0.15, 0.2) is 5.65 Å². The number of hydrogen-bond donors (Lipinski definition) is 1. The van der Waals surface area contributed by atoms with Gasteiger partial charge >= 0.3 is 0 Å². The standard InChI is InChI=1S/C20H16FN5O/c21-13-3-1-12(2-4-13)17-16(14-5-8-22-18-15(14)9-23-24-18)19-26(25-17)10-20(6-7-20)11-27-19/h1-5,8-9H,6-7,10-11H2,(H,22,23,24). The Kier molecular flexibility index (Phi) is 2.85. The summed E-state index contributed by atoms with van der Waals surface area (Å²) in [5.74, 6) is 0.499. The van der Waals surface area contributed by atoms with E-state index in [1.165, 1.54) is 25.0 Å². The van der Waals surface area contributed by atoms with Gasteiger partial charge in [0.1, 0.15) is 11.5 Å². The molecule has 4 heterocycles. The van der Waals surface area contributed by atoms with Crippen LogP contribution in [0.25, 0.3) is 33.4 Å². The molecule has 1 N–H and O–H groups in total. The number of halogens is 1. The molecule has 0 atom stereocenters. The molecular weight excluding hydrogens is 345 g/mol. The SMILES string of the molecule is Fc1ccc(-c2nn3c(c2-c2ccnc4[nH]ncc24)OCC2(CC2)C3)cc1. The van der Waals surface area contributed by atoms with E-state index in [4.69, 9.17) is 9.84 Å². The second-order valence-corrected chi connectivity index (χ2v) is 7.47. The molecule has 6 rings (SSSR count). The number of ether oxygens (including phenoxy) is 1. The van der Waals surface area contributed by atoms with Crippen LogP contribution >= 0.6 is 0 Å². The lowest BCUT2D eigenvalue weighted by Crippen LogP contribution is -2.27. The molecule has 1 saturated carbocycles. The van der Waals surface area contributed by atoms with Crippen molar-refractivity contribution >= 4 is 11.0 Å². The molecule has 0 amide bonds. The number of nitrogens with one attached hydrogen (secondary N) is 1. The predicted octanol–water partition coefficient (Wildman–Crippen LogP) is 3.80.